The molecule has 1 fully saturated rings. The molecule has 1 aromatic carbocycles. The zero-order chi connectivity index (χ0) is 20.9. The van der Waals surface area contributed by atoms with Crippen molar-refractivity contribution in [1.29, 1.82) is 0 Å². The average molecular weight is 442 g/mol. The third-order valence-corrected chi connectivity index (χ3v) is 7.55. The highest BCUT2D eigenvalue weighted by molar-refractivity contribution is 7.17. The van der Waals surface area contributed by atoms with Gasteiger partial charge in [-0.3, -0.25) is 9.59 Å². The molecule has 3 heterocycles. The molecule has 30 heavy (non-hydrogen) atoms. The Hall–Kier alpha value is -2.31. The predicted molar refractivity (Wildman–Crippen MR) is 120 cm³/mol. The Bertz CT molecular complexity index is 1130. The van der Waals surface area contributed by atoms with E-state index in [1.165, 1.54) is 0 Å². The second-order valence-corrected chi connectivity index (χ2v) is 9.92. The second-order valence-electron chi connectivity index (χ2n) is 8.54. The van der Waals surface area contributed by atoms with Crippen molar-refractivity contribution >= 4 is 45.0 Å². The minimum atomic E-state index is -0.983. The standard InChI is InChI=1S/C23H24ClN3O2S/c1-23(22(29)25-17-7-2-3-8-17)14-26-18-9-10-30-20(18)12-19(26)21(28)27(23)13-15-5-4-6-16(24)11-15/h4-6,9-12,17H,2-3,7-8,13-14H2,1H3,(H,25,29)/t23-/m1/s1. The third kappa shape index (κ3) is 3.22. The predicted octanol–water partition coefficient (Wildman–Crippen LogP) is 4.83. The van der Waals surface area contributed by atoms with Crippen LogP contribution >= 0.6 is 22.9 Å². The quantitative estimate of drug-likeness (QED) is 0.630. The summed E-state index contributed by atoms with van der Waals surface area (Å²) in [7, 11) is 0. The van der Waals surface area contributed by atoms with Gasteiger partial charge in [0.05, 0.1) is 16.8 Å². The molecular formula is C23H24ClN3O2S. The molecule has 1 N–H and O–H groups in total. The lowest BCUT2D eigenvalue weighted by Crippen LogP contribution is -2.64. The van der Waals surface area contributed by atoms with Gasteiger partial charge < -0.3 is 14.8 Å². The van der Waals surface area contributed by atoms with Crippen LogP contribution in [0.5, 0.6) is 0 Å². The van der Waals surface area contributed by atoms with Gasteiger partial charge in [0.1, 0.15) is 11.2 Å². The maximum Gasteiger partial charge on any atom is 0.271 e. The van der Waals surface area contributed by atoms with Gasteiger partial charge in [-0.1, -0.05) is 36.6 Å². The Kier molecular flexibility index (Phi) is 4.86. The Balaban J connectivity index is 1.55. The molecule has 2 aromatic heterocycles. The van der Waals surface area contributed by atoms with Crippen molar-refractivity contribution in [3.8, 4) is 0 Å². The average Bonchev–Trinajstić information content (AvgIpc) is 3.44. The van der Waals surface area contributed by atoms with Crippen molar-refractivity contribution < 1.29 is 9.59 Å². The van der Waals surface area contributed by atoms with E-state index in [1.807, 2.05) is 53.3 Å². The molecule has 2 amide bonds. The van der Waals surface area contributed by atoms with E-state index in [1.54, 1.807) is 16.2 Å². The topological polar surface area (TPSA) is 54.3 Å². The summed E-state index contributed by atoms with van der Waals surface area (Å²) in [6.45, 7) is 2.67. The monoisotopic (exact) mass is 441 g/mol. The fourth-order valence-electron chi connectivity index (χ4n) is 4.75. The van der Waals surface area contributed by atoms with Gasteiger partial charge in [0.15, 0.2) is 0 Å². The van der Waals surface area contributed by atoms with Crippen molar-refractivity contribution in [2.45, 2.75) is 57.3 Å². The van der Waals surface area contributed by atoms with Crippen molar-refractivity contribution in [3.63, 3.8) is 0 Å². The summed E-state index contributed by atoms with van der Waals surface area (Å²) in [5.74, 6) is -0.193. The summed E-state index contributed by atoms with van der Waals surface area (Å²) in [6, 6.07) is 11.7. The maximum absolute atomic E-state index is 13.6. The van der Waals surface area contributed by atoms with E-state index in [0.29, 0.717) is 23.8 Å². The van der Waals surface area contributed by atoms with E-state index in [2.05, 4.69) is 5.32 Å². The Morgan fingerprint density at radius 3 is 2.83 bits per heavy atom. The normalized spacial score (nSPS) is 21.9. The zero-order valence-corrected chi connectivity index (χ0v) is 18.4. The highest BCUT2D eigenvalue weighted by Crippen LogP contribution is 2.35. The first-order valence-corrected chi connectivity index (χ1v) is 11.7. The Morgan fingerprint density at radius 1 is 1.27 bits per heavy atom. The van der Waals surface area contributed by atoms with Crippen LogP contribution in [-0.2, 0) is 17.9 Å². The molecule has 1 aliphatic heterocycles. The number of carbonyl (C=O) groups is 2. The summed E-state index contributed by atoms with van der Waals surface area (Å²) in [5.41, 5.74) is 1.59. The van der Waals surface area contributed by atoms with Gasteiger partial charge in [0.2, 0.25) is 5.91 Å². The molecule has 5 nitrogen and oxygen atoms in total. The summed E-state index contributed by atoms with van der Waals surface area (Å²) in [6.07, 6.45) is 4.30. The number of nitrogens with one attached hydrogen (secondary N) is 1. The number of hydrogen-bond acceptors (Lipinski definition) is 3. The van der Waals surface area contributed by atoms with Crippen molar-refractivity contribution in [2.75, 3.05) is 0 Å². The van der Waals surface area contributed by atoms with Crippen LogP contribution in [0.1, 0.15) is 48.7 Å². The van der Waals surface area contributed by atoms with Gasteiger partial charge in [-0.25, -0.2) is 0 Å². The van der Waals surface area contributed by atoms with Crippen molar-refractivity contribution in [2.24, 2.45) is 0 Å². The lowest BCUT2D eigenvalue weighted by molar-refractivity contribution is -0.133. The number of hydrogen-bond donors (Lipinski definition) is 1. The van der Waals surface area contributed by atoms with Crippen LogP contribution in [0.15, 0.2) is 41.8 Å². The van der Waals surface area contributed by atoms with Crippen LogP contribution in [0.3, 0.4) is 0 Å². The summed E-state index contributed by atoms with van der Waals surface area (Å²) >= 11 is 7.80. The molecule has 0 saturated heterocycles. The number of amides is 2. The SMILES string of the molecule is C[C@]1(C(=O)NC2CCCC2)Cn2c(cc3sccc32)C(=O)N1Cc1cccc(Cl)c1. The van der Waals surface area contributed by atoms with Gasteiger partial charge in [-0.2, -0.15) is 0 Å². The second kappa shape index (κ2) is 7.43. The smallest absolute Gasteiger partial charge is 0.271 e. The van der Waals surface area contributed by atoms with Crippen molar-refractivity contribution in [3.05, 3.63) is 58.1 Å². The van der Waals surface area contributed by atoms with Gasteiger partial charge in [-0.05, 0) is 55.0 Å². The molecule has 0 unspecified atom stereocenters. The molecule has 7 heteroatoms. The van der Waals surface area contributed by atoms with Crippen LogP contribution in [-0.4, -0.2) is 32.9 Å². The minimum absolute atomic E-state index is 0.0764. The fraction of sp³-hybridized carbons (Fsp3) is 0.391. The van der Waals surface area contributed by atoms with E-state index >= 15 is 0 Å². The lowest BCUT2D eigenvalue weighted by atomic mass is 9.93. The largest absolute Gasteiger partial charge is 0.351 e. The number of rotatable bonds is 4. The van der Waals surface area contributed by atoms with Crippen LogP contribution in [0.25, 0.3) is 10.2 Å². The van der Waals surface area contributed by atoms with Crippen LogP contribution in [0, 0.1) is 0 Å². The summed E-state index contributed by atoms with van der Waals surface area (Å²) < 4.78 is 3.08. The third-order valence-electron chi connectivity index (χ3n) is 6.46. The molecule has 1 saturated carbocycles. The molecule has 1 aliphatic carbocycles. The zero-order valence-electron chi connectivity index (χ0n) is 16.9. The number of carbonyl (C=O) groups excluding carboxylic acids is 2. The van der Waals surface area contributed by atoms with Crippen LogP contribution in [0.2, 0.25) is 5.02 Å². The molecule has 3 aromatic rings. The molecule has 0 bridgehead atoms. The Labute approximate surface area is 184 Å². The Morgan fingerprint density at radius 2 is 2.07 bits per heavy atom. The van der Waals surface area contributed by atoms with Crippen LogP contribution < -0.4 is 5.32 Å². The van der Waals surface area contributed by atoms with Gasteiger partial charge in [0, 0.05) is 17.6 Å². The minimum Gasteiger partial charge on any atom is -0.351 e. The number of thiophene rings is 1. The van der Waals surface area contributed by atoms with Gasteiger partial charge in [0.25, 0.3) is 5.91 Å². The number of fused-ring (bicyclic) bond motifs is 3. The number of nitrogens with zero attached hydrogens (tertiary/aromatic N) is 2. The lowest BCUT2D eigenvalue weighted by Gasteiger charge is -2.44. The molecule has 156 valence electrons. The first kappa shape index (κ1) is 19.6. The van der Waals surface area contributed by atoms with E-state index in [-0.39, 0.29) is 17.9 Å². The van der Waals surface area contributed by atoms with Crippen molar-refractivity contribution in [1.82, 2.24) is 14.8 Å². The van der Waals surface area contributed by atoms with E-state index in [0.717, 1.165) is 41.5 Å². The van der Waals surface area contributed by atoms with Gasteiger partial charge in [-0.15, -0.1) is 11.3 Å². The van der Waals surface area contributed by atoms with E-state index in [4.69, 9.17) is 11.6 Å². The number of aromatic nitrogens is 1. The molecule has 1 atom stereocenters. The highest BCUT2D eigenvalue weighted by atomic mass is 35.5. The molecule has 0 spiro atoms. The number of halogens is 1. The van der Waals surface area contributed by atoms with Crippen LogP contribution in [0.4, 0.5) is 0 Å². The molecule has 2 aliphatic rings. The fourth-order valence-corrected chi connectivity index (χ4v) is 5.78. The maximum atomic E-state index is 13.6. The van der Waals surface area contributed by atoms with E-state index in [9.17, 15) is 9.59 Å². The number of benzene rings is 1. The molecule has 0 radical (unpaired) electrons. The molecular weight excluding hydrogens is 418 g/mol. The highest BCUT2D eigenvalue weighted by Gasteiger charge is 2.48. The molecule has 5 rings (SSSR count). The first-order valence-electron chi connectivity index (χ1n) is 10.4. The first-order chi connectivity index (χ1) is 14.5. The summed E-state index contributed by atoms with van der Waals surface area (Å²) in [4.78, 5) is 28.9. The van der Waals surface area contributed by atoms with E-state index < -0.39 is 5.54 Å². The van der Waals surface area contributed by atoms with Gasteiger partial charge >= 0.3 is 0 Å². The summed E-state index contributed by atoms with van der Waals surface area (Å²) in [5, 5.41) is 5.88.